The van der Waals surface area contributed by atoms with Crippen LogP contribution in [0.15, 0.2) is 24.3 Å². The van der Waals surface area contributed by atoms with Crippen LogP contribution < -0.4 is 0 Å². The number of carbonyl (C=O) groups excluding carboxylic acids is 1. The lowest BCUT2D eigenvalue weighted by Gasteiger charge is -2.05. The highest BCUT2D eigenvalue weighted by Crippen LogP contribution is 2.31. The summed E-state index contributed by atoms with van der Waals surface area (Å²) in [6.07, 6.45) is 25.8. The Hall–Kier alpha value is -1.55. The summed E-state index contributed by atoms with van der Waals surface area (Å²) in [4.78, 5) is 11.7. The summed E-state index contributed by atoms with van der Waals surface area (Å²) in [5.74, 6) is 0.332. The van der Waals surface area contributed by atoms with Crippen LogP contribution >= 0.6 is 0 Å². The molecular formula is C33H58O4. The lowest BCUT2D eigenvalue weighted by atomic mass is 10.0. The molecule has 1 saturated heterocycles. The van der Waals surface area contributed by atoms with Crippen molar-refractivity contribution >= 4 is 5.97 Å². The van der Waals surface area contributed by atoms with E-state index in [-0.39, 0.29) is 5.97 Å². The van der Waals surface area contributed by atoms with E-state index >= 15 is 0 Å². The van der Waals surface area contributed by atoms with Gasteiger partial charge in [0, 0.05) is 6.42 Å². The molecule has 1 fully saturated rings. The highest BCUT2D eigenvalue weighted by atomic mass is 16.6. The molecule has 0 spiro atoms. The van der Waals surface area contributed by atoms with Crippen LogP contribution in [0.4, 0.5) is 0 Å². The van der Waals surface area contributed by atoms with Gasteiger partial charge >= 0.3 is 5.97 Å². The van der Waals surface area contributed by atoms with Crippen molar-refractivity contribution in [1.29, 1.82) is 0 Å². The number of aromatic hydroxyl groups is 1. The number of hydrogen-bond acceptors (Lipinski definition) is 4. The van der Waals surface area contributed by atoms with E-state index in [1.807, 2.05) is 19.1 Å². The van der Waals surface area contributed by atoms with Crippen molar-refractivity contribution in [1.82, 2.24) is 0 Å². The monoisotopic (exact) mass is 518 g/mol. The van der Waals surface area contributed by atoms with Crippen LogP contribution in [0, 0.1) is 6.92 Å². The molecule has 1 aliphatic rings. The van der Waals surface area contributed by atoms with Gasteiger partial charge in [0.05, 0.1) is 18.8 Å². The average Bonchev–Trinajstić information content (AvgIpc) is 3.65. The van der Waals surface area contributed by atoms with Gasteiger partial charge in [-0.05, 0) is 44.7 Å². The van der Waals surface area contributed by atoms with Gasteiger partial charge < -0.3 is 14.6 Å². The highest BCUT2D eigenvalue weighted by molar-refractivity contribution is 5.69. The van der Waals surface area contributed by atoms with Crippen LogP contribution in [0.1, 0.15) is 148 Å². The summed E-state index contributed by atoms with van der Waals surface area (Å²) in [7, 11) is 0. The third-order valence-corrected chi connectivity index (χ3v) is 7.19. The molecule has 0 radical (unpaired) electrons. The van der Waals surface area contributed by atoms with Gasteiger partial charge in [0.15, 0.2) is 0 Å². The summed E-state index contributed by atoms with van der Waals surface area (Å²) in [5, 5.41) is 8.76. The predicted molar refractivity (Wildman–Crippen MR) is 156 cm³/mol. The van der Waals surface area contributed by atoms with E-state index in [2.05, 4.69) is 13.8 Å². The average molecular weight is 519 g/mol. The highest BCUT2D eigenvalue weighted by Gasteiger charge is 2.36. The molecule has 2 atom stereocenters. The van der Waals surface area contributed by atoms with Crippen LogP contribution in [0.25, 0.3) is 0 Å². The van der Waals surface area contributed by atoms with Crippen LogP contribution in [0.3, 0.4) is 0 Å². The number of carbonyl (C=O) groups is 1. The number of hydrogen-bond donors (Lipinski definition) is 1. The molecule has 2 rings (SSSR count). The molecule has 214 valence electrons. The fourth-order valence-electron chi connectivity index (χ4n) is 4.64. The van der Waals surface area contributed by atoms with Crippen molar-refractivity contribution in [3.8, 4) is 5.75 Å². The first-order valence-corrected chi connectivity index (χ1v) is 15.6. The number of rotatable bonds is 22. The lowest BCUT2D eigenvalue weighted by Crippen LogP contribution is -2.05. The van der Waals surface area contributed by atoms with Crippen molar-refractivity contribution in [2.24, 2.45) is 0 Å². The molecule has 1 aromatic carbocycles. The molecule has 1 heterocycles. The van der Waals surface area contributed by atoms with Crippen LogP contribution in [-0.2, 0) is 14.3 Å². The normalized spacial score (nSPS) is 16.2. The molecule has 2 unspecified atom stereocenters. The maximum absolute atomic E-state index is 11.7. The van der Waals surface area contributed by atoms with Crippen molar-refractivity contribution in [3.63, 3.8) is 0 Å². The summed E-state index contributed by atoms with van der Waals surface area (Å²) >= 11 is 0. The quantitative estimate of drug-likeness (QED) is 0.0942. The van der Waals surface area contributed by atoms with E-state index in [1.54, 1.807) is 12.1 Å². The summed E-state index contributed by atoms with van der Waals surface area (Å²) < 4.78 is 11.1. The number of epoxide rings is 1. The summed E-state index contributed by atoms with van der Waals surface area (Å²) in [6.45, 7) is 7.11. The number of benzene rings is 1. The smallest absolute Gasteiger partial charge is 0.305 e. The second-order valence-corrected chi connectivity index (χ2v) is 10.9. The summed E-state index contributed by atoms with van der Waals surface area (Å²) in [6, 6.07) is 7.09. The molecule has 1 aromatic rings. The first-order valence-electron chi connectivity index (χ1n) is 15.6. The lowest BCUT2D eigenvalue weighted by molar-refractivity contribution is -0.143. The fraction of sp³-hybridized carbons (Fsp3) is 0.788. The molecule has 0 aliphatic carbocycles. The van der Waals surface area contributed by atoms with Gasteiger partial charge in [-0.2, -0.15) is 0 Å². The zero-order valence-electron chi connectivity index (χ0n) is 24.5. The molecule has 4 heteroatoms. The molecule has 1 N–H and O–H groups in total. The minimum absolute atomic E-state index is 0.00229. The Balaban J connectivity index is 0.000000722. The van der Waals surface area contributed by atoms with E-state index in [9.17, 15) is 4.79 Å². The zero-order valence-corrected chi connectivity index (χ0v) is 24.5. The molecule has 1 aliphatic heterocycles. The Kier molecular flexibility index (Phi) is 21.3. The molecule has 37 heavy (non-hydrogen) atoms. The number of ether oxygens (including phenoxy) is 2. The third-order valence-electron chi connectivity index (χ3n) is 7.19. The van der Waals surface area contributed by atoms with E-state index in [0.29, 0.717) is 31.0 Å². The molecular weight excluding hydrogens is 460 g/mol. The maximum atomic E-state index is 11.7. The van der Waals surface area contributed by atoms with E-state index in [0.717, 1.165) is 19.3 Å². The Morgan fingerprint density at radius 2 is 1.16 bits per heavy atom. The number of unbranched alkanes of at least 4 members (excludes halogenated alkanes) is 14. The van der Waals surface area contributed by atoms with E-state index in [1.165, 1.54) is 108 Å². The molecule has 0 saturated carbocycles. The second kappa shape index (κ2) is 23.6. The van der Waals surface area contributed by atoms with E-state index < -0.39 is 0 Å². The van der Waals surface area contributed by atoms with Crippen LogP contribution in [0.2, 0.25) is 0 Å². The Labute approximate surface area is 228 Å². The molecule has 0 aromatic heterocycles. The van der Waals surface area contributed by atoms with Gasteiger partial charge in [-0.1, -0.05) is 128 Å². The van der Waals surface area contributed by atoms with Gasteiger partial charge in [-0.15, -0.1) is 0 Å². The standard InChI is InChI=1S/C26H50O3.C7H8O/c1-3-5-7-9-12-16-20-24-25(29-24)21-17-13-11-14-18-22-26(27)28-23-19-15-10-8-6-4-2;1-6-2-4-7(8)5-3-6/h24-25H,3-23H2,1-2H3;2-5,8H,1H3. The number of esters is 1. The minimum Gasteiger partial charge on any atom is -0.508 e. The largest absolute Gasteiger partial charge is 0.508 e. The second-order valence-electron chi connectivity index (χ2n) is 10.9. The topological polar surface area (TPSA) is 59.1 Å². The van der Waals surface area contributed by atoms with Gasteiger partial charge in [0.2, 0.25) is 0 Å². The molecule has 4 nitrogen and oxygen atoms in total. The SMILES string of the molecule is CCCCCCCCOC(=O)CCCCCCCC1OC1CCCCCCCC.Cc1ccc(O)cc1. The Morgan fingerprint density at radius 3 is 1.68 bits per heavy atom. The maximum Gasteiger partial charge on any atom is 0.305 e. The minimum atomic E-state index is 0.00229. The Bertz CT molecular complexity index is 621. The van der Waals surface area contributed by atoms with Gasteiger partial charge in [-0.3, -0.25) is 4.79 Å². The van der Waals surface area contributed by atoms with Crippen LogP contribution in [-0.4, -0.2) is 29.9 Å². The van der Waals surface area contributed by atoms with Crippen molar-refractivity contribution in [2.45, 2.75) is 161 Å². The van der Waals surface area contributed by atoms with Crippen LogP contribution in [0.5, 0.6) is 5.75 Å². The number of phenolic OH excluding ortho intramolecular Hbond substituents is 1. The van der Waals surface area contributed by atoms with Gasteiger partial charge in [0.1, 0.15) is 5.75 Å². The number of phenols is 1. The van der Waals surface area contributed by atoms with Gasteiger partial charge in [-0.25, -0.2) is 0 Å². The van der Waals surface area contributed by atoms with Gasteiger partial charge in [0.25, 0.3) is 0 Å². The zero-order chi connectivity index (χ0) is 27.0. The Morgan fingerprint density at radius 1 is 0.703 bits per heavy atom. The van der Waals surface area contributed by atoms with Crippen molar-refractivity contribution < 1.29 is 19.4 Å². The summed E-state index contributed by atoms with van der Waals surface area (Å²) in [5.41, 5.74) is 1.17. The first kappa shape index (κ1) is 33.5. The van der Waals surface area contributed by atoms with E-state index in [4.69, 9.17) is 14.6 Å². The van der Waals surface area contributed by atoms with Crippen molar-refractivity contribution in [3.05, 3.63) is 29.8 Å². The fourth-order valence-corrected chi connectivity index (χ4v) is 4.64. The molecule has 0 amide bonds. The molecule has 0 bridgehead atoms. The first-order chi connectivity index (χ1) is 18.1. The predicted octanol–water partition coefficient (Wildman–Crippen LogP) is 9.84. The third kappa shape index (κ3) is 21.1. The van der Waals surface area contributed by atoms with Crippen molar-refractivity contribution in [2.75, 3.05) is 6.61 Å². The number of aryl methyl sites for hydroxylation is 1.